The van der Waals surface area contributed by atoms with Gasteiger partial charge in [-0.25, -0.2) is 0 Å². The number of hydrogen-bond donors (Lipinski definition) is 2. The van der Waals surface area contributed by atoms with E-state index in [1.807, 2.05) is 45.3 Å². The van der Waals surface area contributed by atoms with Gasteiger partial charge in [-0.1, -0.05) is 25.1 Å². The number of nitrogen functional groups attached to an aromatic ring is 1. The van der Waals surface area contributed by atoms with Crippen LogP contribution in [0.1, 0.15) is 24.1 Å². The van der Waals surface area contributed by atoms with Crippen molar-refractivity contribution in [2.24, 2.45) is 0 Å². The monoisotopic (exact) mass is 380 g/mol. The van der Waals surface area contributed by atoms with Gasteiger partial charge in [-0.15, -0.1) is 0 Å². The van der Waals surface area contributed by atoms with Crippen LogP contribution in [0.25, 0.3) is 17.0 Å². The van der Waals surface area contributed by atoms with Crippen LogP contribution in [0.4, 0.5) is 11.9 Å². The number of amides is 1. The minimum Gasteiger partial charge on any atom is -0.460 e. The molecule has 28 heavy (non-hydrogen) atoms. The number of furan rings is 1. The number of anilines is 2. The average molecular weight is 380 g/mol. The molecule has 0 unspecified atom stereocenters. The first kappa shape index (κ1) is 19.3. The number of rotatable bonds is 7. The molecule has 0 radical (unpaired) electrons. The van der Waals surface area contributed by atoms with E-state index in [1.165, 1.54) is 6.08 Å². The first-order valence-electron chi connectivity index (χ1n) is 9.12. The van der Waals surface area contributed by atoms with Crippen LogP contribution in [0.2, 0.25) is 0 Å². The fourth-order valence-corrected chi connectivity index (χ4v) is 2.81. The SMILES string of the molecule is CCc1oc2ccccc2c1C=CC(=O)NCCc1nc(N)nc(N(C)C)n1. The van der Waals surface area contributed by atoms with Gasteiger partial charge in [-0.3, -0.25) is 4.79 Å². The Labute approximate surface area is 163 Å². The van der Waals surface area contributed by atoms with Crippen LogP contribution in [-0.4, -0.2) is 41.5 Å². The Morgan fingerprint density at radius 1 is 1.25 bits per heavy atom. The van der Waals surface area contributed by atoms with E-state index in [9.17, 15) is 4.79 Å². The fraction of sp³-hybridized carbons (Fsp3) is 0.300. The summed E-state index contributed by atoms with van der Waals surface area (Å²) in [5.74, 6) is 1.87. The second-order valence-corrected chi connectivity index (χ2v) is 6.47. The topological polar surface area (TPSA) is 110 Å². The highest BCUT2D eigenvalue weighted by atomic mass is 16.3. The van der Waals surface area contributed by atoms with E-state index in [0.717, 1.165) is 28.7 Å². The number of carbonyl (C=O) groups is 1. The number of benzene rings is 1. The zero-order valence-corrected chi connectivity index (χ0v) is 16.3. The molecule has 0 atom stereocenters. The molecule has 0 aliphatic rings. The largest absolute Gasteiger partial charge is 0.460 e. The van der Waals surface area contributed by atoms with Crippen LogP contribution in [0.15, 0.2) is 34.8 Å². The normalized spacial score (nSPS) is 11.2. The molecular formula is C20H24N6O2. The van der Waals surface area contributed by atoms with Crippen LogP contribution in [0, 0.1) is 0 Å². The number of nitrogens with one attached hydrogen (secondary N) is 1. The highest BCUT2D eigenvalue weighted by Gasteiger charge is 2.10. The Hall–Kier alpha value is -3.42. The molecule has 3 rings (SSSR count). The van der Waals surface area contributed by atoms with E-state index in [-0.39, 0.29) is 11.9 Å². The third-order valence-electron chi connectivity index (χ3n) is 4.17. The van der Waals surface area contributed by atoms with E-state index in [2.05, 4.69) is 20.3 Å². The van der Waals surface area contributed by atoms with Gasteiger partial charge in [-0.2, -0.15) is 15.0 Å². The Morgan fingerprint density at radius 3 is 2.79 bits per heavy atom. The van der Waals surface area contributed by atoms with Gasteiger partial charge in [0.1, 0.15) is 17.2 Å². The van der Waals surface area contributed by atoms with E-state index < -0.39 is 0 Å². The maximum Gasteiger partial charge on any atom is 0.244 e. The summed E-state index contributed by atoms with van der Waals surface area (Å²) in [6, 6.07) is 7.80. The lowest BCUT2D eigenvalue weighted by molar-refractivity contribution is -0.116. The summed E-state index contributed by atoms with van der Waals surface area (Å²) in [5, 5.41) is 3.84. The van der Waals surface area contributed by atoms with Crippen molar-refractivity contribution in [1.82, 2.24) is 20.3 Å². The predicted octanol–water partition coefficient (Wildman–Crippen LogP) is 2.20. The standard InChI is InChI=1S/C20H24N6O2/c1-4-15-14(13-7-5-6-8-16(13)28-15)9-10-18(27)22-12-11-17-23-19(21)25-20(24-17)26(2)3/h5-10H,4,11-12H2,1-3H3,(H,22,27)(H2,21,23,24,25). The van der Waals surface area contributed by atoms with Gasteiger partial charge in [0.05, 0.1) is 0 Å². The number of nitrogens with zero attached hydrogens (tertiary/aromatic N) is 4. The number of nitrogens with two attached hydrogens (primary N) is 1. The van der Waals surface area contributed by atoms with E-state index in [1.54, 1.807) is 11.0 Å². The molecule has 0 fully saturated rings. The minimum atomic E-state index is -0.192. The molecule has 0 aliphatic heterocycles. The molecular weight excluding hydrogens is 356 g/mol. The molecule has 8 nitrogen and oxygen atoms in total. The van der Waals surface area contributed by atoms with Crippen LogP contribution < -0.4 is 16.0 Å². The Morgan fingerprint density at radius 2 is 2.04 bits per heavy atom. The molecule has 146 valence electrons. The number of aryl methyl sites for hydroxylation is 1. The van der Waals surface area contributed by atoms with Crippen molar-refractivity contribution < 1.29 is 9.21 Å². The summed E-state index contributed by atoms with van der Waals surface area (Å²) in [6.45, 7) is 2.42. The number of hydrogen-bond acceptors (Lipinski definition) is 7. The smallest absolute Gasteiger partial charge is 0.244 e. The molecule has 1 aromatic carbocycles. The average Bonchev–Trinajstić information content (AvgIpc) is 3.03. The third kappa shape index (κ3) is 4.46. The number of aromatic nitrogens is 3. The van der Waals surface area contributed by atoms with Crippen molar-refractivity contribution in [3.05, 3.63) is 47.5 Å². The number of carbonyl (C=O) groups excluding carboxylic acids is 1. The van der Waals surface area contributed by atoms with Gasteiger partial charge in [0, 0.05) is 50.5 Å². The lowest BCUT2D eigenvalue weighted by Crippen LogP contribution is -2.25. The highest BCUT2D eigenvalue weighted by Crippen LogP contribution is 2.27. The molecule has 1 amide bonds. The highest BCUT2D eigenvalue weighted by molar-refractivity contribution is 5.96. The van der Waals surface area contributed by atoms with Crippen molar-refractivity contribution >= 4 is 34.8 Å². The van der Waals surface area contributed by atoms with Gasteiger partial charge < -0.3 is 20.4 Å². The zero-order chi connectivity index (χ0) is 20.1. The van der Waals surface area contributed by atoms with Crippen LogP contribution in [0.5, 0.6) is 0 Å². The Kier molecular flexibility index (Phi) is 5.88. The lowest BCUT2D eigenvalue weighted by Gasteiger charge is -2.11. The summed E-state index contributed by atoms with van der Waals surface area (Å²) in [4.78, 5) is 26.4. The molecule has 2 heterocycles. The fourth-order valence-electron chi connectivity index (χ4n) is 2.81. The second kappa shape index (κ2) is 8.51. The number of para-hydroxylation sites is 1. The summed E-state index contributed by atoms with van der Waals surface area (Å²) in [6.07, 6.45) is 4.53. The lowest BCUT2D eigenvalue weighted by atomic mass is 10.1. The molecule has 2 aromatic heterocycles. The molecule has 0 saturated heterocycles. The minimum absolute atomic E-state index is 0.166. The molecule has 3 N–H and O–H groups in total. The predicted molar refractivity (Wildman–Crippen MR) is 110 cm³/mol. The Bertz CT molecular complexity index is 1010. The summed E-state index contributed by atoms with van der Waals surface area (Å²) in [7, 11) is 3.66. The van der Waals surface area contributed by atoms with Crippen molar-refractivity contribution in [3.8, 4) is 0 Å². The van der Waals surface area contributed by atoms with Gasteiger partial charge >= 0.3 is 0 Å². The van der Waals surface area contributed by atoms with E-state index >= 15 is 0 Å². The van der Waals surface area contributed by atoms with Crippen molar-refractivity contribution in [2.75, 3.05) is 31.3 Å². The summed E-state index contributed by atoms with van der Waals surface area (Å²) < 4.78 is 5.84. The molecule has 0 bridgehead atoms. The van der Waals surface area contributed by atoms with Crippen LogP contribution >= 0.6 is 0 Å². The van der Waals surface area contributed by atoms with Gasteiger partial charge in [0.15, 0.2) is 0 Å². The van der Waals surface area contributed by atoms with Crippen LogP contribution in [0.3, 0.4) is 0 Å². The van der Waals surface area contributed by atoms with Gasteiger partial charge in [-0.05, 0) is 12.1 Å². The first-order chi connectivity index (χ1) is 13.5. The van der Waals surface area contributed by atoms with Crippen molar-refractivity contribution in [2.45, 2.75) is 19.8 Å². The van der Waals surface area contributed by atoms with E-state index in [4.69, 9.17) is 10.2 Å². The second-order valence-electron chi connectivity index (χ2n) is 6.47. The maximum absolute atomic E-state index is 12.2. The quantitative estimate of drug-likeness (QED) is 0.605. The summed E-state index contributed by atoms with van der Waals surface area (Å²) in [5.41, 5.74) is 7.47. The molecule has 0 saturated carbocycles. The molecule has 8 heteroatoms. The summed E-state index contributed by atoms with van der Waals surface area (Å²) >= 11 is 0. The van der Waals surface area contributed by atoms with Crippen molar-refractivity contribution in [3.63, 3.8) is 0 Å². The zero-order valence-electron chi connectivity index (χ0n) is 16.3. The van der Waals surface area contributed by atoms with Gasteiger partial charge in [0.2, 0.25) is 17.8 Å². The van der Waals surface area contributed by atoms with Gasteiger partial charge in [0.25, 0.3) is 0 Å². The molecule has 3 aromatic rings. The molecule has 0 aliphatic carbocycles. The van der Waals surface area contributed by atoms with Crippen molar-refractivity contribution in [1.29, 1.82) is 0 Å². The maximum atomic E-state index is 12.2. The first-order valence-corrected chi connectivity index (χ1v) is 9.12. The molecule has 0 spiro atoms. The van der Waals surface area contributed by atoms with Crippen LogP contribution in [-0.2, 0) is 17.6 Å². The van der Waals surface area contributed by atoms with E-state index in [0.29, 0.717) is 24.7 Å². The number of fused-ring (bicyclic) bond motifs is 1. The third-order valence-corrected chi connectivity index (χ3v) is 4.17. The Balaban J connectivity index is 1.62.